The molecule has 1 heterocycles. The third kappa shape index (κ3) is 3.32. The van der Waals surface area contributed by atoms with Gasteiger partial charge in [0.2, 0.25) is 5.89 Å². The lowest BCUT2D eigenvalue weighted by atomic mass is 10.2. The van der Waals surface area contributed by atoms with Gasteiger partial charge in [0.25, 0.3) is 0 Å². The Bertz CT molecular complexity index is 966. The van der Waals surface area contributed by atoms with E-state index in [1.807, 2.05) is 0 Å². The molecule has 0 saturated carbocycles. The Hall–Kier alpha value is -2.54. The molecule has 8 heteroatoms. The van der Waals surface area contributed by atoms with Gasteiger partial charge in [-0.05, 0) is 42.8 Å². The summed E-state index contributed by atoms with van der Waals surface area (Å²) in [5.74, 6) is -1.66. The van der Waals surface area contributed by atoms with E-state index in [0.29, 0.717) is 38.0 Å². The molecule has 0 spiro atoms. The number of alkyl halides is 3. The molecule has 0 atom stereocenters. The summed E-state index contributed by atoms with van der Waals surface area (Å²) in [6.07, 6.45) is -4.95. The molecule has 0 aliphatic heterocycles. The van der Waals surface area contributed by atoms with Crippen LogP contribution in [0.2, 0.25) is 5.02 Å². The van der Waals surface area contributed by atoms with E-state index in [-0.39, 0.29) is 5.69 Å². The number of carbonyl (C=O) groups is 1. The van der Waals surface area contributed by atoms with Crippen molar-refractivity contribution < 1.29 is 22.4 Å². The van der Waals surface area contributed by atoms with Crippen LogP contribution in [0.5, 0.6) is 0 Å². The number of amides is 1. The number of aromatic nitrogens is 1. The Morgan fingerprint density at radius 2 is 1.96 bits per heavy atom. The number of halogens is 4. The minimum absolute atomic E-state index is 0.0817. The smallest absolute Gasteiger partial charge is 0.436 e. The molecule has 3 rings (SSSR count). The molecule has 2 aromatic carbocycles. The Kier molecular flexibility index (Phi) is 4.20. The molecule has 1 amide bonds. The second kappa shape index (κ2) is 6.07. The molecule has 130 valence electrons. The van der Waals surface area contributed by atoms with E-state index in [4.69, 9.17) is 16.0 Å². The van der Waals surface area contributed by atoms with Crippen molar-refractivity contribution in [3.8, 4) is 11.5 Å². The first kappa shape index (κ1) is 17.3. The van der Waals surface area contributed by atoms with Crippen molar-refractivity contribution in [3.63, 3.8) is 0 Å². The van der Waals surface area contributed by atoms with Gasteiger partial charge in [-0.25, -0.2) is 4.98 Å². The quantitative estimate of drug-likeness (QED) is 0.640. The molecular formula is C17H12ClF3N2O2. The number of hydrogen-bond donors (Lipinski definition) is 0. The maximum atomic E-state index is 12.6. The van der Waals surface area contributed by atoms with Crippen LogP contribution in [0.1, 0.15) is 5.56 Å². The van der Waals surface area contributed by atoms with Crippen LogP contribution in [0.25, 0.3) is 22.6 Å². The van der Waals surface area contributed by atoms with Crippen LogP contribution in [0.3, 0.4) is 0 Å². The SMILES string of the molecule is Cc1cc(N(C)C(=O)C(F)(F)F)cc2nc(-c3cccc(Cl)c3)oc12. The molecule has 25 heavy (non-hydrogen) atoms. The number of oxazole rings is 1. The van der Waals surface area contributed by atoms with E-state index < -0.39 is 12.1 Å². The largest absolute Gasteiger partial charge is 0.471 e. The third-order valence-electron chi connectivity index (χ3n) is 3.67. The molecule has 1 aromatic heterocycles. The summed E-state index contributed by atoms with van der Waals surface area (Å²) in [5.41, 5.74) is 2.08. The van der Waals surface area contributed by atoms with Gasteiger partial charge in [0.05, 0.1) is 0 Å². The highest BCUT2D eigenvalue weighted by molar-refractivity contribution is 6.30. The van der Waals surface area contributed by atoms with Crippen molar-refractivity contribution in [2.24, 2.45) is 0 Å². The fraction of sp³-hybridized carbons (Fsp3) is 0.176. The molecule has 0 aliphatic carbocycles. The van der Waals surface area contributed by atoms with Crippen molar-refractivity contribution in [2.45, 2.75) is 13.1 Å². The molecule has 0 aliphatic rings. The Morgan fingerprint density at radius 3 is 2.60 bits per heavy atom. The van der Waals surface area contributed by atoms with Crippen molar-refractivity contribution in [1.29, 1.82) is 0 Å². The third-order valence-corrected chi connectivity index (χ3v) is 3.90. The van der Waals surface area contributed by atoms with Gasteiger partial charge in [-0.3, -0.25) is 4.79 Å². The van der Waals surface area contributed by atoms with Gasteiger partial charge in [0.15, 0.2) is 5.58 Å². The van der Waals surface area contributed by atoms with Gasteiger partial charge in [-0.2, -0.15) is 13.2 Å². The van der Waals surface area contributed by atoms with Crippen molar-refractivity contribution in [2.75, 3.05) is 11.9 Å². The van der Waals surface area contributed by atoms with Crippen LogP contribution < -0.4 is 4.90 Å². The van der Waals surface area contributed by atoms with Crippen LogP contribution in [0.15, 0.2) is 40.8 Å². The number of benzene rings is 2. The number of aryl methyl sites for hydroxylation is 1. The summed E-state index contributed by atoms with van der Waals surface area (Å²) in [5, 5.41) is 0.507. The molecule has 4 nitrogen and oxygen atoms in total. The summed E-state index contributed by atoms with van der Waals surface area (Å²) in [4.78, 5) is 16.3. The van der Waals surface area contributed by atoms with Crippen LogP contribution in [-0.2, 0) is 4.79 Å². The standard InChI is InChI=1S/C17H12ClF3N2O2/c1-9-6-12(23(2)16(24)17(19,20)21)8-13-14(9)25-15(22-13)10-4-3-5-11(18)7-10/h3-8H,1-2H3. The Balaban J connectivity index is 2.07. The van der Waals surface area contributed by atoms with E-state index in [0.717, 1.165) is 7.05 Å². The summed E-state index contributed by atoms with van der Waals surface area (Å²) >= 11 is 5.95. The first-order chi connectivity index (χ1) is 11.7. The molecule has 0 radical (unpaired) electrons. The summed E-state index contributed by atoms with van der Waals surface area (Å²) in [7, 11) is 1.06. The number of rotatable bonds is 2. The van der Waals surface area contributed by atoms with Crippen LogP contribution >= 0.6 is 11.6 Å². The predicted octanol–water partition coefficient (Wildman–Crippen LogP) is 4.98. The Labute approximate surface area is 145 Å². The highest BCUT2D eigenvalue weighted by Crippen LogP contribution is 2.32. The molecule has 0 bridgehead atoms. The molecule has 3 aromatic rings. The van der Waals surface area contributed by atoms with Crippen LogP contribution in [0.4, 0.5) is 18.9 Å². The van der Waals surface area contributed by atoms with Gasteiger partial charge in [0.1, 0.15) is 5.52 Å². The van der Waals surface area contributed by atoms with Gasteiger partial charge < -0.3 is 9.32 Å². The van der Waals surface area contributed by atoms with E-state index in [1.54, 1.807) is 31.2 Å². The number of nitrogens with zero attached hydrogens (tertiary/aromatic N) is 2. The lowest BCUT2D eigenvalue weighted by Gasteiger charge is -2.19. The fourth-order valence-corrected chi connectivity index (χ4v) is 2.62. The zero-order valence-corrected chi connectivity index (χ0v) is 13.9. The minimum Gasteiger partial charge on any atom is -0.436 e. The topological polar surface area (TPSA) is 46.3 Å². The number of anilines is 1. The first-order valence-corrected chi connectivity index (χ1v) is 7.56. The van der Waals surface area contributed by atoms with Crippen molar-refractivity contribution in [3.05, 3.63) is 47.0 Å². The lowest BCUT2D eigenvalue weighted by molar-refractivity contribution is -0.170. The van der Waals surface area contributed by atoms with Gasteiger partial charge in [0, 0.05) is 23.3 Å². The molecule has 0 fully saturated rings. The van der Waals surface area contributed by atoms with E-state index in [9.17, 15) is 18.0 Å². The Morgan fingerprint density at radius 1 is 1.24 bits per heavy atom. The monoisotopic (exact) mass is 368 g/mol. The fourth-order valence-electron chi connectivity index (χ4n) is 2.43. The second-order valence-electron chi connectivity index (χ2n) is 5.50. The van der Waals surface area contributed by atoms with Crippen molar-refractivity contribution >= 4 is 34.3 Å². The molecular weight excluding hydrogens is 357 g/mol. The highest BCUT2D eigenvalue weighted by Gasteiger charge is 2.41. The van der Waals surface area contributed by atoms with E-state index in [2.05, 4.69) is 4.98 Å². The van der Waals surface area contributed by atoms with Gasteiger partial charge >= 0.3 is 12.1 Å². The zero-order valence-electron chi connectivity index (χ0n) is 13.2. The van der Waals surface area contributed by atoms with E-state index >= 15 is 0 Å². The maximum absolute atomic E-state index is 12.6. The second-order valence-corrected chi connectivity index (χ2v) is 5.94. The molecule has 0 saturated heterocycles. The number of carbonyl (C=O) groups excluding carboxylic acids is 1. The van der Waals surface area contributed by atoms with Gasteiger partial charge in [-0.1, -0.05) is 17.7 Å². The summed E-state index contributed by atoms with van der Waals surface area (Å²) in [6, 6.07) is 9.69. The number of hydrogen-bond acceptors (Lipinski definition) is 3. The average Bonchev–Trinajstić information content (AvgIpc) is 2.97. The number of fused-ring (bicyclic) bond motifs is 1. The van der Waals surface area contributed by atoms with Crippen LogP contribution in [-0.4, -0.2) is 24.1 Å². The van der Waals surface area contributed by atoms with Crippen molar-refractivity contribution in [1.82, 2.24) is 4.98 Å². The van der Waals surface area contributed by atoms with Crippen LogP contribution in [0, 0.1) is 6.92 Å². The summed E-state index contributed by atoms with van der Waals surface area (Å²) in [6.45, 7) is 1.67. The average molecular weight is 369 g/mol. The minimum atomic E-state index is -4.95. The van der Waals surface area contributed by atoms with E-state index in [1.165, 1.54) is 12.1 Å². The highest BCUT2D eigenvalue weighted by atomic mass is 35.5. The summed E-state index contributed by atoms with van der Waals surface area (Å²) < 4.78 is 43.6. The predicted molar refractivity (Wildman–Crippen MR) is 88.7 cm³/mol. The zero-order chi connectivity index (χ0) is 18.4. The lowest BCUT2D eigenvalue weighted by Crippen LogP contribution is -2.38. The molecule has 0 unspecified atom stereocenters. The van der Waals surface area contributed by atoms with Gasteiger partial charge in [-0.15, -0.1) is 0 Å². The normalized spacial score (nSPS) is 11.8. The first-order valence-electron chi connectivity index (χ1n) is 7.19. The molecule has 0 N–H and O–H groups in total. The maximum Gasteiger partial charge on any atom is 0.471 e.